The number of nitrogens with zero attached hydrogens (tertiary/aromatic N) is 3. The van der Waals surface area contributed by atoms with Crippen molar-refractivity contribution in [2.24, 2.45) is 18.7 Å². The predicted octanol–water partition coefficient (Wildman–Crippen LogP) is 0.871. The summed E-state index contributed by atoms with van der Waals surface area (Å²) in [5.74, 6) is -0.0467. The molecule has 2 heterocycles. The van der Waals surface area contributed by atoms with Crippen LogP contribution in [0.1, 0.15) is 12.8 Å². The maximum Gasteiger partial charge on any atom is 0.323 e. The molecule has 1 aromatic rings. The van der Waals surface area contributed by atoms with E-state index in [2.05, 4.69) is 10.4 Å². The summed E-state index contributed by atoms with van der Waals surface area (Å²) in [7, 11) is 1.80. The third-order valence-electron chi connectivity index (χ3n) is 3.35. The summed E-state index contributed by atoms with van der Waals surface area (Å²) in [6.45, 7) is 1.01. The van der Waals surface area contributed by atoms with Crippen molar-refractivity contribution in [3.63, 3.8) is 0 Å². The molecule has 1 aliphatic heterocycles. The fourth-order valence-electron chi connectivity index (χ4n) is 2.28. The van der Waals surface area contributed by atoms with Gasteiger partial charge in [-0.25, -0.2) is 4.79 Å². The Balaban J connectivity index is 2.02. The average molecular weight is 297 g/mol. The second-order valence-corrected chi connectivity index (χ2v) is 5.69. The Hall–Kier alpha value is -1.70. The number of hydrogen-bond donors (Lipinski definition) is 2. The van der Waals surface area contributed by atoms with Gasteiger partial charge in [-0.3, -0.25) is 14.8 Å². The summed E-state index contributed by atoms with van der Waals surface area (Å²) in [4.78, 5) is 26.0. The Morgan fingerprint density at radius 2 is 2.30 bits per heavy atom. The number of amides is 3. The molecule has 1 atom stereocenters. The molecule has 0 radical (unpaired) electrons. The number of aromatic nitrogens is 2. The van der Waals surface area contributed by atoms with Gasteiger partial charge in [-0.15, -0.1) is 11.8 Å². The molecule has 1 aliphatic rings. The Morgan fingerprint density at radius 1 is 1.55 bits per heavy atom. The van der Waals surface area contributed by atoms with Gasteiger partial charge in [-0.2, -0.15) is 5.10 Å². The first kappa shape index (κ1) is 14.7. The molecule has 0 aliphatic carbocycles. The van der Waals surface area contributed by atoms with E-state index in [0.717, 1.165) is 17.7 Å². The maximum absolute atomic E-state index is 12.2. The Morgan fingerprint density at radius 3 is 2.95 bits per heavy atom. The summed E-state index contributed by atoms with van der Waals surface area (Å²) < 4.78 is 1.66. The number of nitrogens with one attached hydrogen (secondary N) is 1. The first-order chi connectivity index (χ1) is 9.51. The van der Waals surface area contributed by atoms with Crippen molar-refractivity contribution in [2.45, 2.75) is 17.7 Å². The number of carbonyl (C=O) groups is 2. The highest BCUT2D eigenvalue weighted by molar-refractivity contribution is 7.98. The number of anilines is 1. The Labute approximate surface area is 121 Å². The molecule has 1 saturated heterocycles. The number of carbonyl (C=O) groups excluding carboxylic acids is 2. The lowest BCUT2D eigenvalue weighted by atomic mass is 9.98. The minimum absolute atomic E-state index is 0.232. The largest absolute Gasteiger partial charge is 0.369 e. The molecule has 0 unspecified atom stereocenters. The van der Waals surface area contributed by atoms with E-state index < -0.39 is 0 Å². The molecule has 3 amide bonds. The summed E-state index contributed by atoms with van der Waals surface area (Å²) in [6, 6.07) is -0.232. The van der Waals surface area contributed by atoms with E-state index in [1.54, 1.807) is 16.6 Å². The van der Waals surface area contributed by atoms with Gasteiger partial charge in [-0.05, 0) is 19.1 Å². The summed E-state index contributed by atoms with van der Waals surface area (Å²) in [5, 5.41) is 7.01. The third kappa shape index (κ3) is 3.24. The molecule has 1 fully saturated rings. The second kappa shape index (κ2) is 6.17. The van der Waals surface area contributed by atoms with Crippen molar-refractivity contribution in [2.75, 3.05) is 24.7 Å². The molecule has 1 aromatic heterocycles. The lowest BCUT2D eigenvalue weighted by Gasteiger charge is -2.31. The molecular weight excluding hydrogens is 278 g/mol. The van der Waals surface area contributed by atoms with E-state index in [1.807, 2.05) is 12.5 Å². The summed E-state index contributed by atoms with van der Waals surface area (Å²) in [5.41, 5.74) is 5.31. The lowest BCUT2D eigenvalue weighted by molar-refractivity contribution is -0.123. The minimum atomic E-state index is -0.342. The van der Waals surface area contributed by atoms with Gasteiger partial charge in [0.1, 0.15) is 0 Å². The van der Waals surface area contributed by atoms with Gasteiger partial charge in [0.25, 0.3) is 0 Å². The van der Waals surface area contributed by atoms with Gasteiger partial charge in [0.15, 0.2) is 5.82 Å². The fourth-order valence-corrected chi connectivity index (χ4v) is 2.82. The minimum Gasteiger partial charge on any atom is -0.369 e. The third-order valence-corrected chi connectivity index (χ3v) is 4.09. The van der Waals surface area contributed by atoms with Crippen LogP contribution in [0, 0.1) is 5.92 Å². The molecule has 3 N–H and O–H groups in total. The summed E-state index contributed by atoms with van der Waals surface area (Å²) >= 11 is 1.52. The predicted molar refractivity (Wildman–Crippen MR) is 77.5 cm³/mol. The quantitative estimate of drug-likeness (QED) is 0.810. The van der Waals surface area contributed by atoms with Gasteiger partial charge >= 0.3 is 6.03 Å². The lowest BCUT2D eigenvalue weighted by Crippen LogP contribution is -2.45. The zero-order chi connectivity index (χ0) is 14.7. The number of nitrogens with two attached hydrogens (primary N) is 1. The number of primary amides is 1. The number of aryl methyl sites for hydroxylation is 1. The molecule has 7 nitrogen and oxygen atoms in total. The highest BCUT2D eigenvalue weighted by Crippen LogP contribution is 2.24. The van der Waals surface area contributed by atoms with Crippen molar-refractivity contribution in [1.82, 2.24) is 14.7 Å². The second-order valence-electron chi connectivity index (χ2n) is 4.84. The fraction of sp³-hybridized carbons (Fsp3) is 0.583. The van der Waals surface area contributed by atoms with Crippen LogP contribution < -0.4 is 11.1 Å². The molecule has 8 heteroatoms. The van der Waals surface area contributed by atoms with Crippen molar-refractivity contribution in [3.8, 4) is 0 Å². The number of hydrogen-bond acceptors (Lipinski definition) is 4. The van der Waals surface area contributed by atoms with Gasteiger partial charge in [-0.1, -0.05) is 0 Å². The molecule has 2 rings (SSSR count). The normalized spacial score (nSPS) is 18.9. The Kier molecular flexibility index (Phi) is 4.53. The van der Waals surface area contributed by atoms with E-state index in [9.17, 15) is 9.59 Å². The standard InChI is InChI=1S/C12H19N5O2S/c1-16-7-9(20-2)11(15-16)14-12(19)17-5-3-4-8(6-17)10(13)18/h7-8H,3-6H2,1-2H3,(H2,13,18)(H,14,15,19)/t8-/m0/s1. The number of likely N-dealkylation sites (tertiary alicyclic amines) is 1. The summed E-state index contributed by atoms with van der Waals surface area (Å²) in [6.07, 6.45) is 5.32. The van der Waals surface area contributed by atoms with Crippen LogP contribution in [0.5, 0.6) is 0 Å². The van der Waals surface area contributed by atoms with Crippen LogP contribution in [0.2, 0.25) is 0 Å². The average Bonchev–Trinajstić information content (AvgIpc) is 2.78. The van der Waals surface area contributed by atoms with Crippen molar-refractivity contribution >= 4 is 29.5 Å². The number of thioether (sulfide) groups is 1. The van der Waals surface area contributed by atoms with Crippen LogP contribution >= 0.6 is 11.8 Å². The van der Waals surface area contributed by atoms with Crippen LogP contribution in [0.3, 0.4) is 0 Å². The van der Waals surface area contributed by atoms with Crippen molar-refractivity contribution < 1.29 is 9.59 Å². The van der Waals surface area contributed by atoms with Crippen LogP contribution in [0.4, 0.5) is 10.6 Å². The van der Waals surface area contributed by atoms with E-state index in [0.29, 0.717) is 18.9 Å². The highest BCUT2D eigenvalue weighted by Gasteiger charge is 2.27. The molecule has 0 aromatic carbocycles. The van der Waals surface area contributed by atoms with Gasteiger partial charge < -0.3 is 10.6 Å². The smallest absolute Gasteiger partial charge is 0.323 e. The van der Waals surface area contributed by atoms with Crippen molar-refractivity contribution in [1.29, 1.82) is 0 Å². The van der Waals surface area contributed by atoms with E-state index in [-0.39, 0.29) is 17.9 Å². The van der Waals surface area contributed by atoms with E-state index in [1.165, 1.54) is 11.8 Å². The van der Waals surface area contributed by atoms with E-state index >= 15 is 0 Å². The molecular formula is C12H19N5O2S. The van der Waals surface area contributed by atoms with Crippen LogP contribution in [-0.2, 0) is 11.8 Å². The van der Waals surface area contributed by atoms with E-state index in [4.69, 9.17) is 5.73 Å². The zero-order valence-corrected chi connectivity index (χ0v) is 12.4. The van der Waals surface area contributed by atoms with Gasteiger partial charge in [0, 0.05) is 26.3 Å². The van der Waals surface area contributed by atoms with Crippen LogP contribution in [0.15, 0.2) is 11.1 Å². The highest BCUT2D eigenvalue weighted by atomic mass is 32.2. The molecule has 110 valence electrons. The topological polar surface area (TPSA) is 93.2 Å². The number of rotatable bonds is 3. The van der Waals surface area contributed by atoms with Crippen LogP contribution in [-0.4, -0.2) is 46.0 Å². The Bertz CT molecular complexity index is 516. The molecule has 0 bridgehead atoms. The zero-order valence-electron chi connectivity index (χ0n) is 11.6. The van der Waals surface area contributed by atoms with Crippen molar-refractivity contribution in [3.05, 3.63) is 6.20 Å². The molecule has 0 saturated carbocycles. The first-order valence-corrected chi connectivity index (χ1v) is 7.66. The molecule has 0 spiro atoms. The van der Waals surface area contributed by atoms with Gasteiger partial charge in [0.2, 0.25) is 5.91 Å². The maximum atomic E-state index is 12.2. The number of urea groups is 1. The number of piperidine rings is 1. The van der Waals surface area contributed by atoms with Gasteiger partial charge in [0.05, 0.1) is 10.8 Å². The first-order valence-electron chi connectivity index (χ1n) is 6.44. The monoisotopic (exact) mass is 297 g/mol. The molecule has 20 heavy (non-hydrogen) atoms. The SMILES string of the molecule is CSc1cn(C)nc1NC(=O)N1CCC[C@H](C(N)=O)C1. The van der Waals surface area contributed by atoms with Crippen LogP contribution in [0.25, 0.3) is 0 Å².